The number of aryl methyl sites for hydroxylation is 1. The Labute approximate surface area is 146 Å². The van der Waals surface area contributed by atoms with Crippen LogP contribution in [0, 0.1) is 6.92 Å². The quantitative estimate of drug-likeness (QED) is 0.776. The first kappa shape index (κ1) is 15.8. The lowest BCUT2D eigenvalue weighted by Crippen LogP contribution is -2.23. The highest BCUT2D eigenvalue weighted by molar-refractivity contribution is 9.10. The van der Waals surface area contributed by atoms with Gasteiger partial charge < -0.3 is 10.5 Å². The molecule has 3 rings (SSSR count). The Balaban J connectivity index is 2.09. The average Bonchev–Trinajstić information content (AvgIpc) is 2.51. The number of rotatable bonds is 2. The summed E-state index contributed by atoms with van der Waals surface area (Å²) >= 11 is 9.41. The van der Waals surface area contributed by atoms with E-state index >= 15 is 0 Å². The smallest absolute Gasteiger partial charge is 0.230 e. The van der Waals surface area contributed by atoms with Crippen LogP contribution in [0.15, 0.2) is 51.7 Å². The second-order valence-electron chi connectivity index (χ2n) is 5.09. The summed E-state index contributed by atoms with van der Waals surface area (Å²) in [5, 5.41) is -0.240. The second kappa shape index (κ2) is 5.83. The van der Waals surface area contributed by atoms with Crippen LogP contribution in [0.5, 0.6) is 5.75 Å². The highest BCUT2D eigenvalue weighted by atomic mass is 79.9. The predicted octanol–water partition coefficient (Wildman–Crippen LogP) is 4.25. The molecule has 2 N–H and O–H groups in total. The number of anilines is 1. The van der Waals surface area contributed by atoms with Crippen molar-refractivity contribution in [1.29, 1.82) is 0 Å². The van der Waals surface area contributed by atoms with Gasteiger partial charge in [0.2, 0.25) is 11.6 Å². The van der Waals surface area contributed by atoms with E-state index in [0.717, 1.165) is 4.47 Å². The second-order valence-corrected chi connectivity index (χ2v) is 6.38. The zero-order chi connectivity index (χ0) is 16.7. The van der Waals surface area contributed by atoms with Crippen molar-refractivity contribution >= 4 is 44.8 Å². The molecule has 2 aromatic rings. The van der Waals surface area contributed by atoms with Gasteiger partial charge in [0.1, 0.15) is 5.03 Å². The Morgan fingerprint density at radius 1 is 1.09 bits per heavy atom. The van der Waals surface area contributed by atoms with E-state index in [1.54, 1.807) is 43.3 Å². The van der Waals surface area contributed by atoms with E-state index in [9.17, 15) is 9.59 Å². The minimum Gasteiger partial charge on any atom is -0.449 e. The SMILES string of the molecule is Cc1cc(Br)cc(N)c1OC1=C(Cl)C(=O)c2ccccc2C1=O. The highest BCUT2D eigenvalue weighted by Crippen LogP contribution is 2.35. The molecule has 0 atom stereocenters. The summed E-state index contributed by atoms with van der Waals surface area (Å²) in [6, 6.07) is 9.94. The van der Waals surface area contributed by atoms with Crippen LogP contribution < -0.4 is 10.5 Å². The molecule has 0 saturated carbocycles. The molecule has 6 heteroatoms. The number of ketones is 2. The minimum absolute atomic E-state index is 0.201. The number of carbonyl (C=O) groups excluding carboxylic acids is 2. The van der Waals surface area contributed by atoms with Crippen LogP contribution >= 0.6 is 27.5 Å². The summed E-state index contributed by atoms with van der Waals surface area (Å²) in [5.74, 6) is -0.772. The van der Waals surface area contributed by atoms with E-state index < -0.39 is 11.6 Å². The number of carbonyl (C=O) groups is 2. The summed E-state index contributed by atoms with van der Waals surface area (Å²) in [4.78, 5) is 24.9. The fourth-order valence-electron chi connectivity index (χ4n) is 2.41. The third kappa shape index (κ3) is 2.66. The maximum Gasteiger partial charge on any atom is 0.230 e. The number of nitrogens with two attached hydrogens (primary N) is 1. The Morgan fingerprint density at radius 3 is 2.30 bits per heavy atom. The van der Waals surface area contributed by atoms with Crippen molar-refractivity contribution < 1.29 is 14.3 Å². The summed E-state index contributed by atoms with van der Waals surface area (Å²) in [5.41, 5.74) is 7.54. The Morgan fingerprint density at radius 2 is 1.70 bits per heavy atom. The van der Waals surface area contributed by atoms with Gasteiger partial charge in [-0.3, -0.25) is 9.59 Å². The number of fused-ring (bicyclic) bond motifs is 1. The summed E-state index contributed by atoms with van der Waals surface area (Å²) in [6.45, 7) is 1.79. The molecule has 0 unspecified atom stereocenters. The average molecular weight is 393 g/mol. The van der Waals surface area contributed by atoms with Gasteiger partial charge in [-0.25, -0.2) is 0 Å². The van der Waals surface area contributed by atoms with E-state index in [1.165, 1.54) is 0 Å². The molecule has 0 bridgehead atoms. The van der Waals surface area contributed by atoms with Crippen LogP contribution in [0.2, 0.25) is 0 Å². The topological polar surface area (TPSA) is 69.4 Å². The van der Waals surface area contributed by atoms with Crippen molar-refractivity contribution in [3.05, 3.63) is 68.4 Å². The van der Waals surface area contributed by atoms with E-state index in [4.69, 9.17) is 22.1 Å². The van der Waals surface area contributed by atoms with E-state index in [-0.39, 0.29) is 21.9 Å². The molecule has 23 heavy (non-hydrogen) atoms. The van der Waals surface area contributed by atoms with Crippen LogP contribution in [0.25, 0.3) is 0 Å². The zero-order valence-electron chi connectivity index (χ0n) is 12.0. The van der Waals surface area contributed by atoms with Crippen molar-refractivity contribution in [2.75, 3.05) is 5.73 Å². The summed E-state index contributed by atoms with van der Waals surface area (Å²) in [7, 11) is 0. The largest absolute Gasteiger partial charge is 0.449 e. The maximum atomic E-state index is 12.6. The Bertz CT molecular complexity index is 866. The number of allylic oxidation sites excluding steroid dienone is 2. The van der Waals surface area contributed by atoms with Gasteiger partial charge in [0, 0.05) is 15.6 Å². The standard InChI is InChI=1S/C17H11BrClNO3/c1-8-6-9(18)7-12(20)16(8)23-17-13(19)14(21)10-4-2-3-5-11(10)15(17)22/h2-7H,20H2,1H3. The summed E-state index contributed by atoms with van der Waals surface area (Å²) in [6.07, 6.45) is 0. The van der Waals surface area contributed by atoms with Crippen LogP contribution in [0.4, 0.5) is 5.69 Å². The maximum absolute atomic E-state index is 12.6. The first-order valence-electron chi connectivity index (χ1n) is 6.72. The molecule has 0 heterocycles. The third-order valence-electron chi connectivity index (χ3n) is 3.49. The van der Waals surface area contributed by atoms with Crippen molar-refractivity contribution in [1.82, 2.24) is 0 Å². The lowest BCUT2D eigenvalue weighted by molar-refractivity contribution is 0.0943. The van der Waals surface area contributed by atoms with Crippen molar-refractivity contribution in [2.24, 2.45) is 0 Å². The fraction of sp³-hybridized carbons (Fsp3) is 0.0588. The van der Waals surface area contributed by atoms with Gasteiger partial charge >= 0.3 is 0 Å². The molecule has 0 radical (unpaired) electrons. The van der Waals surface area contributed by atoms with Crippen LogP contribution in [-0.4, -0.2) is 11.6 Å². The number of nitrogen functional groups attached to an aromatic ring is 1. The molecule has 4 nitrogen and oxygen atoms in total. The first-order valence-corrected chi connectivity index (χ1v) is 7.89. The Hall–Kier alpha value is -2.11. The van der Waals surface area contributed by atoms with E-state index in [2.05, 4.69) is 15.9 Å². The molecule has 116 valence electrons. The van der Waals surface area contributed by atoms with Gasteiger partial charge in [0.25, 0.3) is 0 Å². The lowest BCUT2D eigenvalue weighted by Gasteiger charge is -2.19. The van der Waals surface area contributed by atoms with Gasteiger partial charge in [-0.05, 0) is 24.6 Å². The van der Waals surface area contributed by atoms with Gasteiger partial charge in [-0.15, -0.1) is 0 Å². The Kier molecular flexibility index (Phi) is 4.00. The molecule has 1 aliphatic carbocycles. The zero-order valence-corrected chi connectivity index (χ0v) is 14.4. The van der Waals surface area contributed by atoms with Crippen molar-refractivity contribution in [3.8, 4) is 5.75 Å². The third-order valence-corrected chi connectivity index (χ3v) is 4.29. The van der Waals surface area contributed by atoms with Crippen LogP contribution in [0.3, 0.4) is 0 Å². The minimum atomic E-state index is -0.440. The molecule has 2 aromatic carbocycles. The number of Topliss-reactive ketones (excluding diaryl/α,β-unsaturated/α-hetero) is 2. The van der Waals surface area contributed by atoms with Gasteiger partial charge in [-0.1, -0.05) is 51.8 Å². The number of hydrogen-bond acceptors (Lipinski definition) is 4. The molecule has 1 aliphatic rings. The number of halogens is 2. The van der Waals surface area contributed by atoms with Gasteiger partial charge in [-0.2, -0.15) is 0 Å². The number of ether oxygens (including phenoxy) is 1. The normalized spacial score (nSPS) is 14.0. The number of benzene rings is 2. The highest BCUT2D eigenvalue weighted by Gasteiger charge is 2.33. The van der Waals surface area contributed by atoms with Gasteiger partial charge in [0.05, 0.1) is 5.69 Å². The fourth-order valence-corrected chi connectivity index (χ4v) is 3.23. The van der Waals surface area contributed by atoms with Crippen molar-refractivity contribution in [3.63, 3.8) is 0 Å². The molecule has 0 aromatic heterocycles. The van der Waals surface area contributed by atoms with Gasteiger partial charge in [0.15, 0.2) is 11.5 Å². The van der Waals surface area contributed by atoms with E-state index in [1.807, 2.05) is 0 Å². The number of hydrogen-bond donors (Lipinski definition) is 1. The molecule has 0 amide bonds. The predicted molar refractivity (Wildman–Crippen MR) is 91.9 cm³/mol. The molecule has 0 fully saturated rings. The molecule has 0 saturated heterocycles. The van der Waals surface area contributed by atoms with Crippen LogP contribution in [0.1, 0.15) is 26.3 Å². The molecular formula is C17H11BrClNO3. The van der Waals surface area contributed by atoms with Crippen molar-refractivity contribution in [2.45, 2.75) is 6.92 Å². The molecular weight excluding hydrogens is 382 g/mol. The lowest BCUT2D eigenvalue weighted by atomic mass is 9.93. The van der Waals surface area contributed by atoms with E-state index in [0.29, 0.717) is 17.0 Å². The summed E-state index contributed by atoms with van der Waals surface area (Å²) < 4.78 is 6.44. The first-order chi connectivity index (χ1) is 10.9. The molecule has 0 aliphatic heterocycles. The monoisotopic (exact) mass is 391 g/mol. The van der Waals surface area contributed by atoms with Crippen LogP contribution in [-0.2, 0) is 0 Å². The molecule has 0 spiro atoms.